The molecule has 2 aromatic rings. The molecular weight excluding hydrogens is 266 g/mol. The normalized spacial score (nSPS) is 11.3. The number of ether oxygens (including phenoxy) is 1. The van der Waals surface area contributed by atoms with Crippen molar-refractivity contribution in [2.24, 2.45) is 0 Å². The minimum absolute atomic E-state index is 0.210. The lowest BCUT2D eigenvalue weighted by Gasteiger charge is -2.09. The van der Waals surface area contributed by atoms with Crippen LogP contribution in [0, 0.1) is 0 Å². The van der Waals surface area contributed by atoms with Crippen LogP contribution in [-0.4, -0.2) is 20.1 Å². The molecule has 0 amide bonds. The molecule has 100 valence electrons. The molecule has 0 fully saturated rings. The van der Waals surface area contributed by atoms with Crippen LogP contribution in [0.15, 0.2) is 47.4 Å². The van der Waals surface area contributed by atoms with E-state index in [0.29, 0.717) is 16.9 Å². The molecule has 0 unspecified atom stereocenters. The van der Waals surface area contributed by atoms with Gasteiger partial charge in [0, 0.05) is 11.3 Å². The van der Waals surface area contributed by atoms with Crippen molar-refractivity contribution in [3.63, 3.8) is 0 Å². The van der Waals surface area contributed by atoms with Crippen LogP contribution in [0.4, 0.5) is 5.69 Å². The third-order valence-corrected chi connectivity index (χ3v) is 3.58. The predicted molar refractivity (Wildman–Crippen MR) is 72.7 cm³/mol. The molecule has 2 aromatic carbocycles. The SMILES string of the molecule is COc1ccc(-c2ccc(N)cc2S(=O)(=O)O)cc1. The lowest BCUT2D eigenvalue weighted by atomic mass is 10.1. The fourth-order valence-corrected chi connectivity index (χ4v) is 2.51. The fraction of sp³-hybridized carbons (Fsp3) is 0.0769. The summed E-state index contributed by atoms with van der Waals surface area (Å²) in [5.41, 5.74) is 6.86. The average molecular weight is 279 g/mol. The van der Waals surface area contributed by atoms with E-state index in [1.165, 1.54) is 6.07 Å². The second-order valence-corrected chi connectivity index (χ2v) is 5.35. The summed E-state index contributed by atoms with van der Waals surface area (Å²) in [7, 11) is -2.79. The summed E-state index contributed by atoms with van der Waals surface area (Å²) in [5, 5.41) is 0. The Labute approximate surface area is 111 Å². The number of hydrogen-bond donors (Lipinski definition) is 2. The van der Waals surface area contributed by atoms with Gasteiger partial charge in [-0.1, -0.05) is 18.2 Å². The Morgan fingerprint density at radius 2 is 1.74 bits per heavy atom. The highest BCUT2D eigenvalue weighted by atomic mass is 32.2. The zero-order valence-electron chi connectivity index (χ0n) is 10.2. The maximum absolute atomic E-state index is 11.4. The van der Waals surface area contributed by atoms with E-state index >= 15 is 0 Å². The fourth-order valence-electron chi connectivity index (χ4n) is 1.76. The Balaban J connectivity index is 2.61. The van der Waals surface area contributed by atoms with Gasteiger partial charge in [-0.05, 0) is 29.8 Å². The van der Waals surface area contributed by atoms with Gasteiger partial charge in [-0.2, -0.15) is 8.42 Å². The summed E-state index contributed by atoms with van der Waals surface area (Å²) in [4.78, 5) is -0.210. The van der Waals surface area contributed by atoms with Crippen molar-refractivity contribution in [2.75, 3.05) is 12.8 Å². The zero-order chi connectivity index (χ0) is 14.0. The first-order chi connectivity index (χ1) is 8.91. The maximum Gasteiger partial charge on any atom is 0.295 e. The van der Waals surface area contributed by atoms with E-state index in [9.17, 15) is 13.0 Å². The summed E-state index contributed by atoms with van der Waals surface area (Å²) in [6.45, 7) is 0. The molecular formula is C13H13NO4S. The van der Waals surface area contributed by atoms with Gasteiger partial charge < -0.3 is 10.5 Å². The smallest absolute Gasteiger partial charge is 0.295 e. The molecule has 19 heavy (non-hydrogen) atoms. The Morgan fingerprint density at radius 3 is 2.26 bits per heavy atom. The van der Waals surface area contributed by atoms with Crippen molar-refractivity contribution < 1.29 is 17.7 Å². The molecule has 0 bridgehead atoms. The van der Waals surface area contributed by atoms with Crippen molar-refractivity contribution in [1.82, 2.24) is 0 Å². The monoisotopic (exact) mass is 279 g/mol. The molecule has 0 heterocycles. The maximum atomic E-state index is 11.4. The van der Waals surface area contributed by atoms with Crippen molar-refractivity contribution in [2.45, 2.75) is 4.90 Å². The van der Waals surface area contributed by atoms with Crippen LogP contribution >= 0.6 is 0 Å². The first kappa shape index (κ1) is 13.4. The summed E-state index contributed by atoms with van der Waals surface area (Å²) < 4.78 is 37.0. The van der Waals surface area contributed by atoms with Crippen molar-refractivity contribution in [1.29, 1.82) is 0 Å². The molecule has 0 aliphatic rings. The molecule has 0 saturated carbocycles. The number of hydrogen-bond acceptors (Lipinski definition) is 4. The van der Waals surface area contributed by atoms with Gasteiger partial charge in [-0.3, -0.25) is 4.55 Å². The van der Waals surface area contributed by atoms with Crippen LogP contribution in [0.1, 0.15) is 0 Å². The first-order valence-electron chi connectivity index (χ1n) is 5.43. The Morgan fingerprint density at radius 1 is 1.11 bits per heavy atom. The summed E-state index contributed by atoms with van der Waals surface area (Å²) >= 11 is 0. The zero-order valence-corrected chi connectivity index (χ0v) is 11.0. The van der Waals surface area contributed by atoms with Gasteiger partial charge in [0.05, 0.1) is 7.11 Å². The van der Waals surface area contributed by atoms with Gasteiger partial charge >= 0.3 is 0 Å². The molecule has 0 aromatic heterocycles. The van der Waals surface area contributed by atoms with Crippen LogP contribution < -0.4 is 10.5 Å². The molecule has 2 rings (SSSR count). The lowest BCUT2D eigenvalue weighted by molar-refractivity contribution is 0.415. The van der Waals surface area contributed by atoms with Gasteiger partial charge in [0.1, 0.15) is 10.6 Å². The summed E-state index contributed by atoms with van der Waals surface area (Å²) in [6, 6.07) is 11.2. The highest BCUT2D eigenvalue weighted by molar-refractivity contribution is 7.86. The Hall–Kier alpha value is -2.05. The van der Waals surface area contributed by atoms with E-state index in [2.05, 4.69) is 0 Å². The number of nitrogen functional groups attached to an aromatic ring is 1. The standard InChI is InChI=1S/C13H13NO4S/c1-18-11-5-2-9(3-6-11)12-7-4-10(14)8-13(12)19(15,16)17/h2-8H,14H2,1H3,(H,15,16,17). The Kier molecular flexibility index (Phi) is 3.46. The van der Waals surface area contributed by atoms with Gasteiger partial charge in [0.25, 0.3) is 10.1 Å². The number of methoxy groups -OCH3 is 1. The van der Waals surface area contributed by atoms with Crippen LogP contribution in [0.5, 0.6) is 5.75 Å². The van der Waals surface area contributed by atoms with Gasteiger partial charge in [0.2, 0.25) is 0 Å². The third kappa shape index (κ3) is 2.86. The van der Waals surface area contributed by atoms with E-state index < -0.39 is 10.1 Å². The second kappa shape index (κ2) is 4.91. The number of nitrogens with two attached hydrogens (primary N) is 1. The van der Waals surface area contributed by atoms with Gasteiger partial charge in [0.15, 0.2) is 0 Å². The molecule has 3 N–H and O–H groups in total. The van der Waals surface area contributed by atoms with E-state index in [4.69, 9.17) is 10.5 Å². The van der Waals surface area contributed by atoms with Gasteiger partial charge in [-0.25, -0.2) is 0 Å². The van der Waals surface area contributed by atoms with E-state index in [1.807, 2.05) is 0 Å². The van der Waals surface area contributed by atoms with Crippen LogP contribution in [0.3, 0.4) is 0 Å². The predicted octanol–water partition coefficient (Wildman–Crippen LogP) is 2.19. The quantitative estimate of drug-likeness (QED) is 0.664. The Bertz CT molecular complexity index is 693. The minimum atomic E-state index is -4.33. The molecule has 0 atom stereocenters. The van der Waals surface area contributed by atoms with E-state index in [-0.39, 0.29) is 10.6 Å². The van der Waals surface area contributed by atoms with E-state index in [0.717, 1.165) is 0 Å². The van der Waals surface area contributed by atoms with Crippen molar-refractivity contribution in [3.05, 3.63) is 42.5 Å². The molecule has 0 aliphatic heterocycles. The minimum Gasteiger partial charge on any atom is -0.497 e. The van der Waals surface area contributed by atoms with Crippen molar-refractivity contribution in [3.8, 4) is 16.9 Å². The van der Waals surface area contributed by atoms with Crippen molar-refractivity contribution >= 4 is 15.8 Å². The van der Waals surface area contributed by atoms with Crippen LogP contribution in [0.2, 0.25) is 0 Å². The first-order valence-corrected chi connectivity index (χ1v) is 6.87. The lowest BCUT2D eigenvalue weighted by Crippen LogP contribution is -2.02. The molecule has 0 aliphatic carbocycles. The molecule has 0 spiro atoms. The molecule has 5 nitrogen and oxygen atoms in total. The molecule has 0 saturated heterocycles. The number of rotatable bonds is 3. The second-order valence-electron chi connectivity index (χ2n) is 3.96. The number of anilines is 1. The van der Waals surface area contributed by atoms with Gasteiger partial charge in [-0.15, -0.1) is 0 Å². The third-order valence-electron chi connectivity index (χ3n) is 2.68. The summed E-state index contributed by atoms with van der Waals surface area (Å²) in [6.07, 6.45) is 0. The highest BCUT2D eigenvalue weighted by Gasteiger charge is 2.17. The topological polar surface area (TPSA) is 89.6 Å². The molecule has 6 heteroatoms. The largest absolute Gasteiger partial charge is 0.497 e. The highest BCUT2D eigenvalue weighted by Crippen LogP contribution is 2.30. The summed E-state index contributed by atoms with van der Waals surface area (Å²) in [5.74, 6) is 0.660. The van der Waals surface area contributed by atoms with Crippen LogP contribution in [-0.2, 0) is 10.1 Å². The average Bonchev–Trinajstić information content (AvgIpc) is 2.38. The molecule has 0 radical (unpaired) electrons. The van der Waals surface area contributed by atoms with Crippen LogP contribution in [0.25, 0.3) is 11.1 Å². The number of benzene rings is 2. The van der Waals surface area contributed by atoms with E-state index in [1.54, 1.807) is 43.5 Å².